The van der Waals surface area contributed by atoms with Crippen molar-refractivity contribution < 1.29 is 14.2 Å². The molecule has 0 aliphatic rings. The Kier molecular flexibility index (Phi) is 13.5. The molecule has 0 saturated carbocycles. The predicted octanol–water partition coefficient (Wildman–Crippen LogP) is 9.82. The van der Waals surface area contributed by atoms with E-state index in [4.69, 9.17) is 42.4 Å². The maximum absolute atomic E-state index is 6.47. The number of benzene rings is 3. The van der Waals surface area contributed by atoms with Crippen LogP contribution in [0.15, 0.2) is 54.6 Å². The predicted molar refractivity (Wildman–Crippen MR) is 192 cm³/mol. The number of unbranched alkanes of at least 4 members (excludes halogenated alkanes) is 1. The number of aromatic nitrogens is 2. The van der Waals surface area contributed by atoms with Crippen LogP contribution in [-0.2, 0) is 6.54 Å². The SMILES string of the molecule is CCCCn1c(-c2cccc(Oc3ccc(Cl)c(Cl)c3)c2)nc2c(OCCN(CC)CC)cc(OCCN(C(C)C)C(C)C)cc21. The molecule has 4 rings (SSSR count). The van der Waals surface area contributed by atoms with Crippen molar-refractivity contribution in [1.29, 1.82) is 0 Å². The van der Waals surface area contributed by atoms with Crippen LogP contribution in [0.25, 0.3) is 22.4 Å². The number of aryl methyl sites for hydroxylation is 1. The molecule has 1 heterocycles. The lowest BCUT2D eigenvalue weighted by atomic mass is 10.2. The highest BCUT2D eigenvalue weighted by Crippen LogP contribution is 2.37. The first-order chi connectivity index (χ1) is 22.1. The highest BCUT2D eigenvalue weighted by atomic mass is 35.5. The normalized spacial score (nSPS) is 11.8. The largest absolute Gasteiger partial charge is 0.492 e. The van der Waals surface area contributed by atoms with E-state index < -0.39 is 0 Å². The van der Waals surface area contributed by atoms with Crippen molar-refractivity contribution >= 4 is 34.2 Å². The molecule has 9 heteroatoms. The first-order valence-electron chi connectivity index (χ1n) is 16.7. The number of fused-ring (bicyclic) bond motifs is 1. The minimum absolute atomic E-state index is 0.444. The third-order valence-corrected chi connectivity index (χ3v) is 8.99. The lowest BCUT2D eigenvalue weighted by molar-refractivity contribution is 0.142. The minimum Gasteiger partial charge on any atom is -0.492 e. The van der Waals surface area contributed by atoms with Crippen LogP contribution in [0.2, 0.25) is 10.0 Å². The molecule has 0 unspecified atom stereocenters. The zero-order valence-electron chi connectivity index (χ0n) is 28.5. The fraction of sp³-hybridized carbons (Fsp3) is 0.486. The Morgan fingerprint density at radius 2 is 1.50 bits per heavy atom. The molecule has 0 radical (unpaired) electrons. The monoisotopic (exact) mass is 668 g/mol. The van der Waals surface area contributed by atoms with Gasteiger partial charge in [0.15, 0.2) is 5.75 Å². The summed E-state index contributed by atoms with van der Waals surface area (Å²) in [5.41, 5.74) is 2.78. The summed E-state index contributed by atoms with van der Waals surface area (Å²) >= 11 is 12.4. The average molecular weight is 670 g/mol. The molecule has 0 bridgehead atoms. The van der Waals surface area contributed by atoms with Gasteiger partial charge < -0.3 is 23.7 Å². The van der Waals surface area contributed by atoms with Gasteiger partial charge in [0.25, 0.3) is 0 Å². The second kappa shape index (κ2) is 17.3. The van der Waals surface area contributed by atoms with Crippen LogP contribution in [0.3, 0.4) is 0 Å². The van der Waals surface area contributed by atoms with Gasteiger partial charge in [0.05, 0.1) is 15.6 Å². The van der Waals surface area contributed by atoms with E-state index in [-0.39, 0.29) is 0 Å². The molecule has 1 aromatic heterocycles. The summed E-state index contributed by atoms with van der Waals surface area (Å²) in [6, 6.07) is 18.3. The van der Waals surface area contributed by atoms with Gasteiger partial charge in [-0.05, 0) is 71.5 Å². The average Bonchev–Trinajstić information content (AvgIpc) is 3.40. The van der Waals surface area contributed by atoms with Gasteiger partial charge in [-0.1, -0.05) is 62.5 Å². The van der Waals surface area contributed by atoms with Gasteiger partial charge >= 0.3 is 0 Å². The number of likely N-dealkylation sites (N-methyl/N-ethyl adjacent to an activating group) is 1. The molecule has 0 atom stereocenters. The van der Waals surface area contributed by atoms with Gasteiger partial charge in [-0.2, -0.15) is 0 Å². The number of nitrogens with zero attached hydrogens (tertiary/aromatic N) is 4. The topological polar surface area (TPSA) is 52.0 Å². The lowest BCUT2D eigenvalue weighted by Gasteiger charge is -2.30. The molecule has 0 saturated heterocycles. The van der Waals surface area contributed by atoms with Gasteiger partial charge in [0.2, 0.25) is 0 Å². The van der Waals surface area contributed by atoms with Gasteiger partial charge in [0, 0.05) is 55.5 Å². The molecule has 0 aliphatic heterocycles. The van der Waals surface area contributed by atoms with Crippen molar-refractivity contribution in [2.24, 2.45) is 0 Å². The van der Waals surface area contributed by atoms with E-state index in [9.17, 15) is 0 Å². The molecular formula is C37H50Cl2N4O3. The molecule has 0 N–H and O–H groups in total. The molecule has 250 valence electrons. The Morgan fingerprint density at radius 3 is 2.17 bits per heavy atom. The van der Waals surface area contributed by atoms with Crippen LogP contribution in [0.1, 0.15) is 61.3 Å². The summed E-state index contributed by atoms with van der Waals surface area (Å²) in [7, 11) is 0. The molecular weight excluding hydrogens is 619 g/mol. The maximum atomic E-state index is 6.47. The van der Waals surface area contributed by atoms with Crippen LogP contribution in [0.4, 0.5) is 0 Å². The molecule has 0 amide bonds. The Labute approximate surface area is 285 Å². The van der Waals surface area contributed by atoms with Crippen molar-refractivity contribution in [3.05, 3.63) is 64.6 Å². The number of rotatable bonds is 18. The standard InChI is InChI=1S/C37H50Cl2N4O3/c1-8-11-17-43-34-24-31(44-21-19-42(26(4)5)27(6)7)25-35(45-20-18-41(9-2)10-3)36(34)40-37(43)28-13-12-14-29(22-28)46-30-15-16-32(38)33(39)23-30/h12-16,22-27H,8-11,17-21H2,1-7H3. The van der Waals surface area contributed by atoms with E-state index in [2.05, 4.69) is 75.0 Å². The second-order valence-electron chi connectivity index (χ2n) is 12.1. The Balaban J connectivity index is 1.73. The van der Waals surface area contributed by atoms with Gasteiger partial charge in [0.1, 0.15) is 41.8 Å². The van der Waals surface area contributed by atoms with E-state index in [1.165, 1.54) is 0 Å². The van der Waals surface area contributed by atoms with Crippen LogP contribution >= 0.6 is 23.2 Å². The lowest BCUT2D eigenvalue weighted by Crippen LogP contribution is -2.39. The van der Waals surface area contributed by atoms with E-state index >= 15 is 0 Å². The maximum Gasteiger partial charge on any atom is 0.150 e. The fourth-order valence-corrected chi connectivity index (χ4v) is 5.99. The summed E-state index contributed by atoms with van der Waals surface area (Å²) in [6.45, 7) is 21.1. The second-order valence-corrected chi connectivity index (χ2v) is 12.9. The van der Waals surface area contributed by atoms with E-state index in [1.54, 1.807) is 12.1 Å². The number of halogens is 2. The van der Waals surface area contributed by atoms with E-state index in [1.807, 2.05) is 30.3 Å². The van der Waals surface area contributed by atoms with E-state index in [0.29, 0.717) is 46.8 Å². The van der Waals surface area contributed by atoms with Crippen molar-refractivity contribution in [3.63, 3.8) is 0 Å². The summed E-state index contributed by atoms with van der Waals surface area (Å²) in [6.07, 6.45) is 2.07. The quantitative estimate of drug-likeness (QED) is 0.105. The zero-order valence-corrected chi connectivity index (χ0v) is 30.0. The van der Waals surface area contributed by atoms with Crippen LogP contribution in [-0.4, -0.2) is 70.8 Å². The van der Waals surface area contributed by atoms with Gasteiger partial charge in [-0.3, -0.25) is 4.90 Å². The first-order valence-corrected chi connectivity index (χ1v) is 17.4. The van der Waals surface area contributed by atoms with Crippen molar-refractivity contribution in [2.75, 3.05) is 39.4 Å². The molecule has 0 aliphatic carbocycles. The summed E-state index contributed by atoms with van der Waals surface area (Å²) in [4.78, 5) is 10.0. The highest BCUT2D eigenvalue weighted by molar-refractivity contribution is 6.42. The van der Waals surface area contributed by atoms with Gasteiger partial charge in [-0.15, -0.1) is 0 Å². The first kappa shape index (κ1) is 35.9. The van der Waals surface area contributed by atoms with Crippen molar-refractivity contribution in [2.45, 2.75) is 79.9 Å². The Bertz CT molecular complexity index is 1540. The van der Waals surface area contributed by atoms with Gasteiger partial charge in [-0.25, -0.2) is 4.98 Å². The number of hydrogen-bond donors (Lipinski definition) is 0. The van der Waals surface area contributed by atoms with Crippen molar-refractivity contribution in [1.82, 2.24) is 19.4 Å². The fourth-order valence-electron chi connectivity index (χ4n) is 5.70. The minimum atomic E-state index is 0.444. The number of imidazole rings is 1. The third kappa shape index (κ3) is 9.31. The smallest absolute Gasteiger partial charge is 0.150 e. The third-order valence-electron chi connectivity index (χ3n) is 8.25. The molecule has 3 aromatic carbocycles. The van der Waals surface area contributed by atoms with Crippen LogP contribution in [0, 0.1) is 0 Å². The van der Waals surface area contributed by atoms with Crippen LogP contribution < -0.4 is 14.2 Å². The molecule has 0 fully saturated rings. The molecule has 4 aromatic rings. The summed E-state index contributed by atoms with van der Waals surface area (Å²) in [5, 5.41) is 0.937. The Hall–Kier alpha value is -2.97. The molecule has 46 heavy (non-hydrogen) atoms. The molecule has 7 nitrogen and oxygen atoms in total. The number of hydrogen-bond acceptors (Lipinski definition) is 6. The Morgan fingerprint density at radius 1 is 0.783 bits per heavy atom. The summed E-state index contributed by atoms with van der Waals surface area (Å²) < 4.78 is 21.4. The van der Waals surface area contributed by atoms with Crippen LogP contribution in [0.5, 0.6) is 23.0 Å². The number of ether oxygens (including phenoxy) is 3. The highest BCUT2D eigenvalue weighted by Gasteiger charge is 2.20. The molecule has 0 spiro atoms. The van der Waals surface area contributed by atoms with E-state index in [0.717, 1.165) is 79.5 Å². The van der Waals surface area contributed by atoms with Crippen molar-refractivity contribution in [3.8, 4) is 34.4 Å². The zero-order chi connectivity index (χ0) is 33.2. The summed E-state index contributed by atoms with van der Waals surface area (Å²) in [5.74, 6) is 3.69.